The Bertz CT molecular complexity index is 522. The first-order chi connectivity index (χ1) is 9.56. The van der Waals surface area contributed by atoms with Gasteiger partial charge in [0.25, 0.3) is 0 Å². The number of β-lactam (4-membered cyclic amide) rings is 1. The average molecular weight is 273 g/mol. The van der Waals surface area contributed by atoms with Crippen LogP contribution in [0.25, 0.3) is 0 Å². The van der Waals surface area contributed by atoms with Gasteiger partial charge in [0, 0.05) is 12.3 Å². The molecule has 0 bridgehead atoms. The lowest BCUT2D eigenvalue weighted by molar-refractivity contribution is -0.154. The van der Waals surface area contributed by atoms with Gasteiger partial charge in [-0.3, -0.25) is 4.79 Å². The van der Waals surface area contributed by atoms with Gasteiger partial charge in [-0.25, -0.2) is 4.79 Å². The lowest BCUT2D eigenvalue weighted by Gasteiger charge is -2.47. The molecule has 0 aliphatic carbocycles. The zero-order valence-corrected chi connectivity index (χ0v) is 11.9. The molecule has 4 heteroatoms. The summed E-state index contributed by atoms with van der Waals surface area (Å²) in [4.78, 5) is 25.0. The first kappa shape index (κ1) is 14.3. The summed E-state index contributed by atoms with van der Waals surface area (Å²) in [6, 6.07) is 9.86. The van der Waals surface area contributed by atoms with Crippen molar-refractivity contribution in [1.82, 2.24) is 4.90 Å². The van der Waals surface area contributed by atoms with Crippen LogP contribution in [0.5, 0.6) is 0 Å². The standard InChI is InChI=1S/C16H19NO3/c1-11(2)14-15(12-7-5-4-6-8-12)17(16(14)19)10-9-13(18)20-3/h4-11,14-15H,1-3H3/b10-9+/t14-,15-/m1/s1. The monoisotopic (exact) mass is 273 g/mol. The van der Waals surface area contributed by atoms with Crippen molar-refractivity contribution in [1.29, 1.82) is 0 Å². The van der Waals surface area contributed by atoms with Crippen LogP contribution >= 0.6 is 0 Å². The van der Waals surface area contributed by atoms with E-state index in [-0.39, 0.29) is 23.8 Å². The molecule has 0 radical (unpaired) electrons. The molecule has 1 saturated heterocycles. The molecular weight excluding hydrogens is 254 g/mol. The van der Waals surface area contributed by atoms with Crippen LogP contribution in [-0.4, -0.2) is 23.9 Å². The number of ether oxygens (including phenoxy) is 1. The second kappa shape index (κ2) is 5.90. The van der Waals surface area contributed by atoms with Crippen LogP contribution in [-0.2, 0) is 14.3 Å². The smallest absolute Gasteiger partial charge is 0.331 e. The SMILES string of the molecule is COC(=O)/C=C/N1C(=O)[C@H](C(C)C)[C@H]1c1ccccc1. The van der Waals surface area contributed by atoms with Crippen molar-refractivity contribution in [2.75, 3.05) is 7.11 Å². The molecule has 0 saturated carbocycles. The van der Waals surface area contributed by atoms with E-state index in [9.17, 15) is 9.59 Å². The molecule has 1 aliphatic heterocycles. The quantitative estimate of drug-likeness (QED) is 0.481. The van der Waals surface area contributed by atoms with E-state index in [2.05, 4.69) is 4.74 Å². The Morgan fingerprint density at radius 2 is 1.95 bits per heavy atom. The van der Waals surface area contributed by atoms with E-state index in [0.717, 1.165) is 5.56 Å². The van der Waals surface area contributed by atoms with Gasteiger partial charge < -0.3 is 9.64 Å². The largest absolute Gasteiger partial charge is 0.466 e. The molecule has 0 unspecified atom stereocenters. The molecule has 0 spiro atoms. The van der Waals surface area contributed by atoms with E-state index in [4.69, 9.17) is 0 Å². The average Bonchev–Trinajstić information content (AvgIpc) is 2.44. The van der Waals surface area contributed by atoms with Gasteiger partial charge in [-0.15, -0.1) is 0 Å². The number of methoxy groups -OCH3 is 1. The van der Waals surface area contributed by atoms with Crippen molar-refractivity contribution in [2.45, 2.75) is 19.9 Å². The zero-order chi connectivity index (χ0) is 14.7. The van der Waals surface area contributed by atoms with Crippen LogP contribution < -0.4 is 0 Å². The number of likely N-dealkylation sites (tertiary alicyclic amines) is 1. The third-order valence-electron chi connectivity index (χ3n) is 3.61. The van der Waals surface area contributed by atoms with Crippen molar-refractivity contribution in [3.8, 4) is 0 Å². The molecular formula is C16H19NO3. The summed E-state index contributed by atoms with van der Waals surface area (Å²) in [5, 5.41) is 0. The molecule has 1 aliphatic rings. The molecule has 1 heterocycles. The maximum atomic E-state index is 12.2. The third kappa shape index (κ3) is 2.59. The molecule has 1 amide bonds. The van der Waals surface area contributed by atoms with Crippen LogP contribution in [0.15, 0.2) is 42.6 Å². The van der Waals surface area contributed by atoms with Gasteiger partial charge in [0.2, 0.25) is 5.91 Å². The molecule has 0 aromatic heterocycles. The summed E-state index contributed by atoms with van der Waals surface area (Å²) >= 11 is 0. The number of carbonyl (C=O) groups excluding carboxylic acids is 2. The molecule has 2 rings (SSSR count). The fraction of sp³-hybridized carbons (Fsp3) is 0.375. The number of rotatable bonds is 4. The molecule has 0 N–H and O–H groups in total. The van der Waals surface area contributed by atoms with Crippen molar-refractivity contribution in [3.05, 3.63) is 48.2 Å². The highest BCUT2D eigenvalue weighted by Crippen LogP contribution is 2.44. The summed E-state index contributed by atoms with van der Waals surface area (Å²) in [5.74, 6) is -0.193. The van der Waals surface area contributed by atoms with Crippen molar-refractivity contribution in [3.63, 3.8) is 0 Å². The number of amides is 1. The van der Waals surface area contributed by atoms with Gasteiger partial charge in [0.05, 0.1) is 19.1 Å². The first-order valence-corrected chi connectivity index (χ1v) is 6.69. The summed E-state index contributed by atoms with van der Waals surface area (Å²) in [6.45, 7) is 4.08. The predicted octanol–water partition coefficient (Wildman–Crippen LogP) is 2.53. The Kier molecular flexibility index (Phi) is 4.23. The van der Waals surface area contributed by atoms with Gasteiger partial charge in [-0.05, 0) is 11.5 Å². The number of benzene rings is 1. The van der Waals surface area contributed by atoms with Crippen molar-refractivity contribution in [2.24, 2.45) is 11.8 Å². The minimum absolute atomic E-state index is 0.00962. The summed E-state index contributed by atoms with van der Waals surface area (Å²) in [5.41, 5.74) is 1.08. The zero-order valence-electron chi connectivity index (χ0n) is 11.9. The lowest BCUT2D eigenvalue weighted by atomic mass is 9.76. The second-order valence-corrected chi connectivity index (χ2v) is 5.21. The number of carbonyl (C=O) groups is 2. The van der Waals surface area contributed by atoms with Crippen molar-refractivity contribution >= 4 is 11.9 Å². The topological polar surface area (TPSA) is 46.6 Å². The Hall–Kier alpha value is -2.10. The van der Waals surface area contributed by atoms with Crippen LogP contribution in [0.2, 0.25) is 0 Å². The molecule has 106 valence electrons. The van der Waals surface area contributed by atoms with E-state index in [1.807, 2.05) is 44.2 Å². The van der Waals surface area contributed by atoms with Crippen LogP contribution in [0.4, 0.5) is 0 Å². The van der Waals surface area contributed by atoms with E-state index in [1.165, 1.54) is 19.4 Å². The van der Waals surface area contributed by atoms with Crippen molar-refractivity contribution < 1.29 is 14.3 Å². The third-order valence-corrected chi connectivity index (χ3v) is 3.61. The summed E-state index contributed by atoms with van der Waals surface area (Å²) < 4.78 is 4.56. The normalized spacial score (nSPS) is 22.2. The van der Waals surface area contributed by atoms with E-state index >= 15 is 0 Å². The Labute approximate surface area is 119 Å². The molecule has 1 aromatic carbocycles. The van der Waals surface area contributed by atoms with Gasteiger partial charge in [0.1, 0.15) is 0 Å². The van der Waals surface area contributed by atoms with Crippen LogP contribution in [0, 0.1) is 11.8 Å². The Morgan fingerprint density at radius 1 is 1.30 bits per heavy atom. The van der Waals surface area contributed by atoms with Crippen LogP contribution in [0.1, 0.15) is 25.5 Å². The maximum Gasteiger partial charge on any atom is 0.331 e. The fourth-order valence-corrected chi connectivity index (χ4v) is 2.58. The van der Waals surface area contributed by atoms with Gasteiger partial charge >= 0.3 is 5.97 Å². The minimum Gasteiger partial charge on any atom is -0.466 e. The maximum absolute atomic E-state index is 12.2. The molecule has 20 heavy (non-hydrogen) atoms. The Balaban J connectivity index is 2.25. The number of hydrogen-bond donors (Lipinski definition) is 0. The molecule has 2 atom stereocenters. The minimum atomic E-state index is -0.461. The molecule has 1 fully saturated rings. The molecule has 1 aromatic rings. The molecule has 4 nitrogen and oxygen atoms in total. The number of nitrogens with zero attached hydrogens (tertiary/aromatic N) is 1. The van der Waals surface area contributed by atoms with E-state index < -0.39 is 5.97 Å². The van der Waals surface area contributed by atoms with Crippen LogP contribution in [0.3, 0.4) is 0 Å². The predicted molar refractivity (Wildman–Crippen MR) is 75.5 cm³/mol. The fourth-order valence-electron chi connectivity index (χ4n) is 2.58. The Morgan fingerprint density at radius 3 is 2.50 bits per heavy atom. The summed E-state index contributed by atoms with van der Waals surface area (Å²) in [6.07, 6.45) is 2.80. The van der Waals surface area contributed by atoms with E-state index in [1.54, 1.807) is 4.90 Å². The first-order valence-electron chi connectivity index (χ1n) is 6.69. The number of esters is 1. The van der Waals surface area contributed by atoms with Gasteiger partial charge in [0.15, 0.2) is 0 Å². The second-order valence-electron chi connectivity index (χ2n) is 5.21. The highest BCUT2D eigenvalue weighted by molar-refractivity contribution is 5.89. The van der Waals surface area contributed by atoms with Gasteiger partial charge in [-0.1, -0.05) is 44.2 Å². The van der Waals surface area contributed by atoms with Gasteiger partial charge in [-0.2, -0.15) is 0 Å². The number of hydrogen-bond acceptors (Lipinski definition) is 3. The highest BCUT2D eigenvalue weighted by Gasteiger charge is 2.48. The highest BCUT2D eigenvalue weighted by atomic mass is 16.5. The summed E-state index contributed by atoms with van der Waals surface area (Å²) in [7, 11) is 1.32. The van der Waals surface area contributed by atoms with E-state index in [0.29, 0.717) is 0 Å². The lowest BCUT2D eigenvalue weighted by Crippen LogP contribution is -2.54.